The molecule has 2 saturated heterocycles. The fourth-order valence-electron chi connectivity index (χ4n) is 5.39. The number of hydrogen-bond donors (Lipinski definition) is 0. The maximum atomic E-state index is 14.4. The molecule has 2 bridgehead atoms. The van der Waals surface area contributed by atoms with Crippen molar-refractivity contribution in [2.75, 3.05) is 26.2 Å². The van der Waals surface area contributed by atoms with Crippen LogP contribution in [0.15, 0.2) is 35.1 Å². The van der Waals surface area contributed by atoms with Crippen molar-refractivity contribution in [3.63, 3.8) is 0 Å². The molecule has 6 nitrogen and oxygen atoms in total. The highest BCUT2D eigenvalue weighted by molar-refractivity contribution is 5.94. The molecular weight excluding hydrogens is 395 g/mol. The Kier molecular flexibility index (Phi) is 5.11. The topological polar surface area (TPSA) is 69.3 Å². The lowest BCUT2D eigenvalue weighted by molar-refractivity contribution is 0.0589. The minimum atomic E-state index is -0.664. The Hall–Kier alpha value is -2.98. The largest absolute Gasteiger partial charge is 0.338 e. The van der Waals surface area contributed by atoms with Crippen LogP contribution in [0.1, 0.15) is 52.4 Å². The van der Waals surface area contributed by atoms with Crippen molar-refractivity contribution in [3.05, 3.63) is 68.9 Å². The van der Waals surface area contributed by atoms with Gasteiger partial charge in [-0.2, -0.15) is 5.26 Å². The quantitative estimate of drug-likeness (QED) is 0.766. The number of pyridine rings is 1. The molecule has 1 aromatic heterocycles. The lowest BCUT2D eigenvalue weighted by atomic mass is 9.82. The zero-order valence-corrected chi connectivity index (χ0v) is 17.4. The lowest BCUT2D eigenvalue weighted by Crippen LogP contribution is -2.49. The number of fused-ring (bicyclic) bond motifs is 4. The zero-order chi connectivity index (χ0) is 21.5. The van der Waals surface area contributed by atoms with Crippen molar-refractivity contribution in [2.45, 2.75) is 38.3 Å². The molecule has 2 aromatic rings. The Morgan fingerprint density at radius 3 is 2.68 bits per heavy atom. The highest BCUT2D eigenvalue weighted by atomic mass is 19.1. The molecule has 3 aliphatic rings. The van der Waals surface area contributed by atoms with Crippen LogP contribution in [0.4, 0.5) is 4.39 Å². The summed E-state index contributed by atoms with van der Waals surface area (Å²) in [5, 5.41) is 8.92. The van der Waals surface area contributed by atoms with E-state index in [9.17, 15) is 14.0 Å². The second-order valence-corrected chi connectivity index (χ2v) is 9.00. The van der Waals surface area contributed by atoms with Crippen molar-refractivity contribution in [2.24, 2.45) is 5.92 Å². The average Bonchev–Trinajstić information content (AvgIpc) is 3.28. The van der Waals surface area contributed by atoms with E-state index in [1.807, 2.05) is 22.8 Å². The predicted molar refractivity (Wildman–Crippen MR) is 113 cm³/mol. The standard InChI is InChI=1S/C24H25FN4O2/c25-21-10-16(11-26)3-5-20(21)24(31)28-12-17-9-19(15-28)22-6-4-18(23(30)29(22)13-17)14-27-7-1-2-8-27/h3-6,10,17,19H,1-2,7-9,12-15H2/t17-,19+/m0/s1. The van der Waals surface area contributed by atoms with E-state index in [-0.39, 0.29) is 34.4 Å². The fourth-order valence-corrected chi connectivity index (χ4v) is 5.39. The van der Waals surface area contributed by atoms with Gasteiger partial charge in [-0.15, -0.1) is 0 Å². The van der Waals surface area contributed by atoms with Gasteiger partial charge in [-0.05, 0) is 62.5 Å². The first-order chi connectivity index (χ1) is 15.0. The lowest BCUT2D eigenvalue weighted by Gasteiger charge is -2.43. The Labute approximate surface area is 180 Å². The zero-order valence-electron chi connectivity index (χ0n) is 17.4. The number of carbonyl (C=O) groups is 1. The molecule has 0 spiro atoms. The molecule has 3 aliphatic heterocycles. The molecule has 0 N–H and O–H groups in total. The van der Waals surface area contributed by atoms with Crippen LogP contribution < -0.4 is 5.56 Å². The first-order valence-corrected chi connectivity index (χ1v) is 11.0. The summed E-state index contributed by atoms with van der Waals surface area (Å²) in [7, 11) is 0. The van der Waals surface area contributed by atoms with Crippen LogP contribution in [0.3, 0.4) is 0 Å². The fraction of sp³-hybridized carbons (Fsp3) is 0.458. The number of amides is 1. The van der Waals surface area contributed by atoms with Gasteiger partial charge in [-0.1, -0.05) is 6.07 Å². The van der Waals surface area contributed by atoms with Gasteiger partial charge < -0.3 is 9.47 Å². The van der Waals surface area contributed by atoms with E-state index in [2.05, 4.69) is 4.90 Å². The van der Waals surface area contributed by atoms with Crippen LogP contribution in [0.5, 0.6) is 0 Å². The maximum Gasteiger partial charge on any atom is 0.256 e. The number of aromatic nitrogens is 1. The van der Waals surface area contributed by atoms with Gasteiger partial charge in [0.2, 0.25) is 0 Å². The molecule has 7 heteroatoms. The molecule has 1 amide bonds. The first kappa shape index (κ1) is 20.0. The number of halogens is 1. The third-order valence-electron chi connectivity index (χ3n) is 6.89. The summed E-state index contributed by atoms with van der Waals surface area (Å²) in [6, 6.07) is 9.86. The van der Waals surface area contributed by atoms with Crippen LogP contribution in [0.25, 0.3) is 0 Å². The number of likely N-dealkylation sites (tertiary alicyclic amines) is 2. The Morgan fingerprint density at radius 2 is 1.94 bits per heavy atom. The predicted octanol–water partition coefficient (Wildman–Crippen LogP) is 2.71. The van der Waals surface area contributed by atoms with E-state index in [1.54, 1.807) is 4.90 Å². The SMILES string of the molecule is N#Cc1ccc(C(=O)N2C[C@@H]3C[C@H](C2)c2ccc(CN4CCCC4)c(=O)n2C3)c(F)c1. The van der Waals surface area contributed by atoms with Gasteiger partial charge in [0.25, 0.3) is 11.5 Å². The van der Waals surface area contributed by atoms with Crippen LogP contribution in [0, 0.1) is 23.1 Å². The summed E-state index contributed by atoms with van der Waals surface area (Å²) in [4.78, 5) is 30.2. The molecule has 0 saturated carbocycles. The Balaban J connectivity index is 1.38. The molecule has 0 aliphatic carbocycles. The van der Waals surface area contributed by atoms with E-state index in [1.165, 1.54) is 25.0 Å². The van der Waals surface area contributed by atoms with E-state index in [4.69, 9.17) is 5.26 Å². The average molecular weight is 420 g/mol. The minimum Gasteiger partial charge on any atom is -0.338 e. The molecule has 0 unspecified atom stereocenters. The molecule has 0 radical (unpaired) electrons. The van der Waals surface area contributed by atoms with E-state index in [0.29, 0.717) is 26.2 Å². The van der Waals surface area contributed by atoms with Gasteiger partial charge in [0.05, 0.1) is 17.2 Å². The van der Waals surface area contributed by atoms with Gasteiger partial charge in [-0.25, -0.2) is 4.39 Å². The van der Waals surface area contributed by atoms with Gasteiger partial charge >= 0.3 is 0 Å². The number of nitrogens with zero attached hydrogens (tertiary/aromatic N) is 4. The van der Waals surface area contributed by atoms with Gasteiger partial charge in [0.1, 0.15) is 5.82 Å². The molecule has 4 heterocycles. The molecular formula is C24H25FN4O2. The number of carbonyl (C=O) groups excluding carboxylic acids is 1. The third-order valence-corrected chi connectivity index (χ3v) is 6.89. The monoisotopic (exact) mass is 420 g/mol. The van der Waals surface area contributed by atoms with Crippen molar-refractivity contribution in [1.82, 2.24) is 14.4 Å². The number of hydrogen-bond acceptors (Lipinski definition) is 4. The molecule has 160 valence electrons. The Bertz CT molecular complexity index is 1130. The van der Waals surface area contributed by atoms with Crippen LogP contribution in [-0.2, 0) is 13.1 Å². The summed E-state index contributed by atoms with van der Waals surface area (Å²) in [6.45, 7) is 4.39. The molecule has 2 atom stereocenters. The number of benzene rings is 1. The number of piperidine rings is 1. The van der Waals surface area contributed by atoms with E-state index in [0.717, 1.165) is 36.8 Å². The summed E-state index contributed by atoms with van der Waals surface area (Å²) in [5.41, 5.74) is 2.11. The third kappa shape index (κ3) is 3.66. The minimum absolute atomic E-state index is 0.00248. The van der Waals surface area contributed by atoms with Gasteiger partial charge in [0.15, 0.2) is 0 Å². The van der Waals surface area contributed by atoms with Crippen LogP contribution in [0.2, 0.25) is 0 Å². The molecule has 31 heavy (non-hydrogen) atoms. The van der Waals surface area contributed by atoms with Gasteiger partial charge in [0, 0.05) is 43.4 Å². The van der Waals surface area contributed by atoms with Crippen LogP contribution >= 0.6 is 0 Å². The molecule has 2 fully saturated rings. The second-order valence-electron chi connectivity index (χ2n) is 9.00. The van der Waals surface area contributed by atoms with Crippen molar-refractivity contribution in [3.8, 4) is 6.07 Å². The van der Waals surface area contributed by atoms with Crippen molar-refractivity contribution >= 4 is 5.91 Å². The Morgan fingerprint density at radius 1 is 1.13 bits per heavy atom. The van der Waals surface area contributed by atoms with Crippen molar-refractivity contribution < 1.29 is 9.18 Å². The van der Waals surface area contributed by atoms with Crippen molar-refractivity contribution in [1.29, 1.82) is 5.26 Å². The highest BCUT2D eigenvalue weighted by Gasteiger charge is 2.37. The number of rotatable bonds is 3. The highest BCUT2D eigenvalue weighted by Crippen LogP contribution is 2.36. The summed E-state index contributed by atoms with van der Waals surface area (Å²) in [6.07, 6.45) is 3.32. The first-order valence-electron chi connectivity index (χ1n) is 11.0. The normalized spacial score (nSPS) is 22.8. The van der Waals surface area contributed by atoms with Gasteiger partial charge in [-0.3, -0.25) is 14.5 Å². The molecule has 1 aromatic carbocycles. The van der Waals surface area contributed by atoms with Crippen LogP contribution in [-0.4, -0.2) is 46.5 Å². The van der Waals surface area contributed by atoms with E-state index >= 15 is 0 Å². The smallest absolute Gasteiger partial charge is 0.256 e. The maximum absolute atomic E-state index is 14.4. The summed E-state index contributed by atoms with van der Waals surface area (Å²) in [5.74, 6) is -0.760. The summed E-state index contributed by atoms with van der Waals surface area (Å²) >= 11 is 0. The summed E-state index contributed by atoms with van der Waals surface area (Å²) < 4.78 is 16.3. The molecule has 5 rings (SSSR count). The second kappa shape index (κ2) is 7.93. The van der Waals surface area contributed by atoms with E-state index < -0.39 is 5.82 Å². The number of nitriles is 1.